The number of hydrogen-bond acceptors (Lipinski definition) is 5. The van der Waals surface area contributed by atoms with Crippen LogP contribution in [0.1, 0.15) is 29.9 Å². The number of aromatic nitrogens is 2. The van der Waals surface area contributed by atoms with E-state index in [0.29, 0.717) is 15.4 Å². The second kappa shape index (κ2) is 3.65. The van der Waals surface area contributed by atoms with Crippen molar-refractivity contribution in [1.29, 1.82) is 0 Å². The molecule has 0 radical (unpaired) electrons. The second-order valence-electron chi connectivity index (χ2n) is 5.31. The fourth-order valence-corrected chi connectivity index (χ4v) is 2.92. The number of nitrogens with one attached hydrogen (secondary N) is 1. The zero-order valence-corrected chi connectivity index (χ0v) is 11.0. The number of rotatable bonds is 2. The van der Waals surface area contributed by atoms with Crippen molar-refractivity contribution in [3.05, 3.63) is 17.1 Å². The predicted molar refractivity (Wildman–Crippen MR) is 71.5 cm³/mol. The first-order valence-electron chi connectivity index (χ1n) is 5.79. The van der Waals surface area contributed by atoms with Crippen LogP contribution in [0.4, 0.5) is 5.69 Å². The van der Waals surface area contributed by atoms with E-state index in [2.05, 4.69) is 29.4 Å². The van der Waals surface area contributed by atoms with Crippen molar-refractivity contribution < 1.29 is 4.79 Å². The monoisotopic (exact) mass is 262 g/mol. The van der Waals surface area contributed by atoms with Crippen LogP contribution in [-0.2, 0) is 0 Å². The molecule has 0 aromatic carbocycles. The first-order chi connectivity index (χ1) is 8.49. The summed E-state index contributed by atoms with van der Waals surface area (Å²) in [7, 11) is 0. The number of thiophene rings is 1. The third-order valence-electron chi connectivity index (χ3n) is 3.45. The Kier molecular flexibility index (Phi) is 2.31. The number of hydrogen-bond donors (Lipinski definition) is 2. The molecule has 0 saturated heterocycles. The summed E-state index contributed by atoms with van der Waals surface area (Å²) >= 11 is 1.29. The summed E-state index contributed by atoms with van der Waals surface area (Å²) in [6.07, 6.45) is 2.60. The van der Waals surface area contributed by atoms with E-state index in [-0.39, 0.29) is 17.4 Å². The number of amides is 1. The lowest BCUT2D eigenvalue weighted by Crippen LogP contribution is -2.28. The van der Waals surface area contributed by atoms with Crippen LogP contribution < -0.4 is 11.1 Å². The molecule has 1 amide bonds. The molecule has 5 nitrogen and oxygen atoms in total. The van der Waals surface area contributed by atoms with Crippen molar-refractivity contribution in [3.63, 3.8) is 0 Å². The Morgan fingerprint density at radius 2 is 2.33 bits per heavy atom. The Labute approximate surface area is 108 Å². The maximum Gasteiger partial charge on any atom is 0.263 e. The molecule has 1 aliphatic carbocycles. The van der Waals surface area contributed by atoms with Crippen LogP contribution in [-0.4, -0.2) is 22.1 Å². The van der Waals surface area contributed by atoms with Gasteiger partial charge in [0.15, 0.2) is 0 Å². The highest BCUT2D eigenvalue weighted by atomic mass is 32.1. The van der Waals surface area contributed by atoms with E-state index in [1.807, 2.05) is 0 Å². The van der Waals surface area contributed by atoms with Gasteiger partial charge in [0.1, 0.15) is 9.71 Å². The minimum absolute atomic E-state index is 0.105. The Bertz CT molecular complexity index is 634. The molecule has 2 aromatic rings. The van der Waals surface area contributed by atoms with E-state index >= 15 is 0 Å². The number of carbonyl (C=O) groups is 1. The zero-order valence-electron chi connectivity index (χ0n) is 10.2. The molecular weight excluding hydrogens is 248 g/mol. The lowest BCUT2D eigenvalue weighted by molar-refractivity contribution is 0.0951. The molecule has 1 fully saturated rings. The maximum atomic E-state index is 12.1. The SMILES string of the molecule is CC1(C)CC1NC(=O)c1sc2nnccc2c1N. The van der Waals surface area contributed by atoms with E-state index < -0.39 is 0 Å². The van der Waals surface area contributed by atoms with Gasteiger partial charge in [0.05, 0.1) is 11.9 Å². The largest absolute Gasteiger partial charge is 0.397 e. The molecule has 94 valence electrons. The minimum Gasteiger partial charge on any atom is -0.397 e. The quantitative estimate of drug-likeness (QED) is 0.864. The standard InChI is InChI=1S/C12H14N4OS/c1-12(2)5-7(12)15-10(17)9-8(13)6-3-4-14-16-11(6)18-9/h3-4,7H,5,13H2,1-2H3,(H,15,17). The van der Waals surface area contributed by atoms with Gasteiger partial charge in [-0.1, -0.05) is 13.8 Å². The minimum atomic E-state index is -0.105. The summed E-state index contributed by atoms with van der Waals surface area (Å²) in [6.45, 7) is 4.27. The molecule has 1 saturated carbocycles. The molecule has 1 aliphatic rings. The summed E-state index contributed by atoms with van der Waals surface area (Å²) in [6, 6.07) is 2.03. The van der Waals surface area contributed by atoms with Crippen LogP contribution in [0.15, 0.2) is 12.3 Å². The van der Waals surface area contributed by atoms with Crippen molar-refractivity contribution in [1.82, 2.24) is 15.5 Å². The van der Waals surface area contributed by atoms with Crippen molar-refractivity contribution >= 4 is 33.1 Å². The maximum absolute atomic E-state index is 12.1. The molecule has 1 atom stereocenters. The van der Waals surface area contributed by atoms with Gasteiger partial charge >= 0.3 is 0 Å². The highest BCUT2D eigenvalue weighted by molar-refractivity contribution is 7.21. The first kappa shape index (κ1) is 11.4. The number of nitrogen functional groups attached to an aromatic ring is 1. The zero-order chi connectivity index (χ0) is 12.9. The Morgan fingerprint density at radius 3 is 2.94 bits per heavy atom. The molecule has 3 rings (SSSR count). The summed E-state index contributed by atoms with van der Waals surface area (Å²) < 4.78 is 0. The molecule has 0 spiro atoms. The Hall–Kier alpha value is -1.69. The number of carbonyl (C=O) groups excluding carboxylic acids is 1. The molecule has 18 heavy (non-hydrogen) atoms. The molecular formula is C12H14N4OS. The van der Waals surface area contributed by atoms with Crippen LogP contribution >= 0.6 is 11.3 Å². The lowest BCUT2D eigenvalue weighted by atomic mass is 10.2. The van der Waals surface area contributed by atoms with Gasteiger partial charge in [-0.3, -0.25) is 4.79 Å². The Balaban J connectivity index is 1.90. The van der Waals surface area contributed by atoms with E-state index in [1.54, 1.807) is 12.3 Å². The Morgan fingerprint density at radius 1 is 1.61 bits per heavy atom. The van der Waals surface area contributed by atoms with Gasteiger partial charge in [-0.05, 0) is 17.9 Å². The van der Waals surface area contributed by atoms with Crippen molar-refractivity contribution in [2.24, 2.45) is 5.41 Å². The molecule has 3 N–H and O–H groups in total. The van der Waals surface area contributed by atoms with Gasteiger partial charge in [0.25, 0.3) is 5.91 Å². The van der Waals surface area contributed by atoms with E-state index in [1.165, 1.54) is 11.3 Å². The van der Waals surface area contributed by atoms with Gasteiger partial charge < -0.3 is 11.1 Å². The van der Waals surface area contributed by atoms with Crippen LogP contribution in [0.3, 0.4) is 0 Å². The van der Waals surface area contributed by atoms with E-state index in [9.17, 15) is 4.79 Å². The van der Waals surface area contributed by atoms with Crippen molar-refractivity contribution in [3.8, 4) is 0 Å². The number of nitrogens with two attached hydrogens (primary N) is 1. The first-order valence-corrected chi connectivity index (χ1v) is 6.61. The fourth-order valence-electron chi connectivity index (χ4n) is 1.98. The fraction of sp³-hybridized carbons (Fsp3) is 0.417. The molecule has 1 unspecified atom stereocenters. The van der Waals surface area contributed by atoms with Gasteiger partial charge in [0, 0.05) is 11.4 Å². The smallest absolute Gasteiger partial charge is 0.263 e. The molecule has 0 aliphatic heterocycles. The molecule has 2 heterocycles. The summed E-state index contributed by atoms with van der Waals surface area (Å²) in [4.78, 5) is 13.4. The third kappa shape index (κ3) is 1.73. The number of nitrogens with zero attached hydrogens (tertiary/aromatic N) is 2. The normalized spacial score (nSPS) is 20.9. The molecule has 2 aromatic heterocycles. The third-order valence-corrected chi connectivity index (χ3v) is 4.55. The van der Waals surface area contributed by atoms with E-state index in [4.69, 9.17) is 5.73 Å². The summed E-state index contributed by atoms with van der Waals surface area (Å²) in [5.41, 5.74) is 6.70. The average Bonchev–Trinajstić information content (AvgIpc) is 2.78. The van der Waals surface area contributed by atoms with Crippen LogP contribution in [0.2, 0.25) is 0 Å². The number of anilines is 1. The van der Waals surface area contributed by atoms with Gasteiger partial charge in [-0.25, -0.2) is 0 Å². The second-order valence-corrected chi connectivity index (χ2v) is 6.31. The predicted octanol–water partition coefficient (Wildman–Crippen LogP) is 1.80. The molecule has 6 heteroatoms. The highest BCUT2D eigenvalue weighted by Gasteiger charge is 2.46. The highest BCUT2D eigenvalue weighted by Crippen LogP contribution is 2.45. The topological polar surface area (TPSA) is 80.9 Å². The van der Waals surface area contributed by atoms with Crippen LogP contribution in [0, 0.1) is 5.41 Å². The van der Waals surface area contributed by atoms with Crippen LogP contribution in [0.25, 0.3) is 10.2 Å². The van der Waals surface area contributed by atoms with Crippen LogP contribution in [0.5, 0.6) is 0 Å². The molecule has 0 bridgehead atoms. The summed E-state index contributed by atoms with van der Waals surface area (Å²) in [5, 5.41) is 11.6. The van der Waals surface area contributed by atoms with Crippen molar-refractivity contribution in [2.45, 2.75) is 26.3 Å². The average molecular weight is 262 g/mol. The summed E-state index contributed by atoms with van der Waals surface area (Å²) in [5.74, 6) is -0.105. The van der Waals surface area contributed by atoms with Crippen molar-refractivity contribution in [2.75, 3.05) is 5.73 Å². The van der Waals surface area contributed by atoms with Gasteiger partial charge in [0.2, 0.25) is 0 Å². The van der Waals surface area contributed by atoms with Gasteiger partial charge in [-0.15, -0.1) is 16.4 Å². The lowest BCUT2D eigenvalue weighted by Gasteiger charge is -2.05. The number of fused-ring (bicyclic) bond motifs is 1. The van der Waals surface area contributed by atoms with E-state index in [0.717, 1.165) is 11.8 Å². The van der Waals surface area contributed by atoms with Gasteiger partial charge in [-0.2, -0.15) is 5.10 Å².